The fourth-order valence-corrected chi connectivity index (χ4v) is 5.08. The zero-order chi connectivity index (χ0) is 33.4. The minimum atomic E-state index is -0.952. The van der Waals surface area contributed by atoms with Gasteiger partial charge in [0.15, 0.2) is 0 Å². The zero-order valence-corrected chi connectivity index (χ0v) is 28.3. The molecule has 0 saturated heterocycles. The molecule has 9 heteroatoms. The third-order valence-corrected chi connectivity index (χ3v) is 7.75. The Morgan fingerprint density at radius 2 is 1.43 bits per heavy atom. The molecule has 0 bridgehead atoms. The van der Waals surface area contributed by atoms with E-state index in [2.05, 4.69) is 19.1 Å². The summed E-state index contributed by atoms with van der Waals surface area (Å²) in [6.07, 6.45) is 7.94. The SMILES string of the molecule is CCOC(=O)/C=C/C(C)(C)C(=O)CC(C/C=C(\O)C(C)(C)/C=C/C(=O)OCC)c1n(-c2c(C)cc(C)cc2C)nc(C)[n+]1C. The molecule has 0 aliphatic heterocycles. The van der Waals surface area contributed by atoms with Crippen LogP contribution in [-0.2, 0) is 30.9 Å². The lowest BCUT2D eigenvalue weighted by Crippen LogP contribution is -2.38. The lowest BCUT2D eigenvalue weighted by Gasteiger charge is -2.23. The quantitative estimate of drug-likeness (QED) is 0.119. The number of aliphatic hydroxyl groups is 1. The van der Waals surface area contributed by atoms with Crippen LogP contribution in [0.4, 0.5) is 0 Å². The number of aliphatic hydroxyl groups excluding tert-OH is 1. The van der Waals surface area contributed by atoms with Crippen LogP contribution in [0.15, 0.2) is 48.3 Å². The van der Waals surface area contributed by atoms with Gasteiger partial charge in [0, 0.05) is 41.4 Å². The Morgan fingerprint density at radius 3 is 1.93 bits per heavy atom. The predicted molar refractivity (Wildman–Crippen MR) is 170 cm³/mol. The van der Waals surface area contributed by atoms with Gasteiger partial charge in [-0.1, -0.05) is 34.5 Å². The topological polar surface area (TPSA) is 112 Å². The van der Waals surface area contributed by atoms with E-state index in [0.717, 1.165) is 34.0 Å². The van der Waals surface area contributed by atoms with Crippen molar-refractivity contribution < 1.29 is 33.5 Å². The summed E-state index contributed by atoms with van der Waals surface area (Å²) in [6.45, 7) is 19.2. The molecule has 44 heavy (non-hydrogen) atoms. The van der Waals surface area contributed by atoms with E-state index in [-0.39, 0.29) is 31.2 Å². The number of aryl methyl sites for hydroxylation is 4. The summed E-state index contributed by atoms with van der Waals surface area (Å²) in [5, 5.41) is 16.1. The van der Waals surface area contributed by atoms with Gasteiger partial charge in [-0.3, -0.25) is 4.79 Å². The average molecular weight is 609 g/mol. The highest BCUT2D eigenvalue weighted by Crippen LogP contribution is 2.34. The Hall–Kier alpha value is -4.01. The number of rotatable bonds is 14. The third kappa shape index (κ3) is 9.24. The Balaban J connectivity index is 2.64. The second-order valence-electron chi connectivity index (χ2n) is 12.4. The number of ether oxygens (including phenoxy) is 2. The number of aromatic nitrogens is 3. The molecule has 1 heterocycles. The van der Waals surface area contributed by atoms with Crippen molar-refractivity contribution in [2.24, 2.45) is 17.9 Å². The predicted octanol–water partition coefficient (Wildman–Crippen LogP) is 6.10. The van der Waals surface area contributed by atoms with Gasteiger partial charge in [0.05, 0.1) is 31.9 Å². The molecular formula is C35H50N3O6+. The zero-order valence-electron chi connectivity index (χ0n) is 28.3. The van der Waals surface area contributed by atoms with Crippen molar-refractivity contribution in [2.75, 3.05) is 13.2 Å². The van der Waals surface area contributed by atoms with Crippen LogP contribution in [0.25, 0.3) is 5.69 Å². The molecule has 0 aliphatic rings. The molecule has 240 valence electrons. The van der Waals surface area contributed by atoms with E-state index in [0.29, 0.717) is 6.42 Å². The molecular weight excluding hydrogens is 558 g/mol. The van der Waals surface area contributed by atoms with Gasteiger partial charge in [-0.05, 0) is 85.9 Å². The van der Waals surface area contributed by atoms with E-state index in [1.165, 1.54) is 12.2 Å². The Bertz CT molecular complexity index is 1440. The summed E-state index contributed by atoms with van der Waals surface area (Å²) in [6, 6.07) is 4.22. The van der Waals surface area contributed by atoms with Crippen LogP contribution >= 0.6 is 0 Å². The van der Waals surface area contributed by atoms with Crippen LogP contribution in [0.3, 0.4) is 0 Å². The van der Waals surface area contributed by atoms with Crippen molar-refractivity contribution in [3.05, 3.63) is 76.6 Å². The van der Waals surface area contributed by atoms with E-state index in [1.807, 2.05) is 37.1 Å². The first-order valence-electron chi connectivity index (χ1n) is 15.1. The minimum Gasteiger partial charge on any atom is -0.512 e. The molecule has 0 spiro atoms. The van der Waals surface area contributed by atoms with Gasteiger partial charge in [-0.15, -0.1) is 0 Å². The molecule has 1 N–H and O–H groups in total. The van der Waals surface area contributed by atoms with Crippen LogP contribution in [-0.4, -0.2) is 45.8 Å². The van der Waals surface area contributed by atoms with Gasteiger partial charge in [0.1, 0.15) is 11.5 Å². The van der Waals surface area contributed by atoms with Gasteiger partial charge < -0.3 is 14.6 Å². The van der Waals surface area contributed by atoms with E-state index >= 15 is 0 Å². The molecule has 2 aromatic rings. The second-order valence-corrected chi connectivity index (χ2v) is 12.4. The molecule has 0 fully saturated rings. The van der Waals surface area contributed by atoms with Crippen molar-refractivity contribution >= 4 is 17.7 Å². The summed E-state index contributed by atoms with van der Waals surface area (Å²) in [5.41, 5.74) is 2.39. The largest absolute Gasteiger partial charge is 0.512 e. The van der Waals surface area contributed by atoms with Crippen LogP contribution in [0.5, 0.6) is 0 Å². The van der Waals surface area contributed by atoms with Gasteiger partial charge in [0.2, 0.25) is 5.82 Å². The van der Waals surface area contributed by atoms with Crippen molar-refractivity contribution in [3.63, 3.8) is 0 Å². The smallest absolute Gasteiger partial charge is 0.330 e. The third-order valence-electron chi connectivity index (χ3n) is 7.75. The van der Waals surface area contributed by atoms with Gasteiger partial charge >= 0.3 is 11.9 Å². The molecule has 1 atom stereocenters. The first-order valence-corrected chi connectivity index (χ1v) is 15.1. The summed E-state index contributed by atoms with van der Waals surface area (Å²) in [4.78, 5) is 37.8. The molecule has 1 aromatic carbocycles. The Labute approximate surface area is 262 Å². The summed E-state index contributed by atoms with van der Waals surface area (Å²) in [5.74, 6) is 0.178. The fourth-order valence-electron chi connectivity index (χ4n) is 5.08. The molecule has 0 saturated carbocycles. The van der Waals surface area contributed by atoms with Crippen LogP contribution < -0.4 is 4.57 Å². The highest BCUT2D eigenvalue weighted by molar-refractivity contribution is 5.89. The van der Waals surface area contributed by atoms with Gasteiger partial charge in [-0.2, -0.15) is 0 Å². The van der Waals surface area contributed by atoms with E-state index in [9.17, 15) is 19.5 Å². The van der Waals surface area contributed by atoms with Gasteiger partial charge in [0.25, 0.3) is 5.82 Å². The van der Waals surface area contributed by atoms with Crippen molar-refractivity contribution in [2.45, 2.75) is 88.0 Å². The van der Waals surface area contributed by atoms with E-state index in [1.54, 1.807) is 59.8 Å². The molecule has 0 aliphatic carbocycles. The number of hydrogen-bond donors (Lipinski definition) is 1. The Morgan fingerprint density at radius 1 is 0.932 bits per heavy atom. The number of carbonyl (C=O) groups excluding carboxylic acids is 3. The number of esters is 2. The number of nitrogens with zero attached hydrogens (tertiary/aromatic N) is 3. The van der Waals surface area contributed by atoms with Crippen LogP contribution in [0, 0.1) is 38.5 Å². The first-order chi connectivity index (χ1) is 20.4. The monoisotopic (exact) mass is 608 g/mol. The number of allylic oxidation sites excluding steroid dienone is 3. The second kappa shape index (κ2) is 15.1. The maximum Gasteiger partial charge on any atom is 0.330 e. The summed E-state index contributed by atoms with van der Waals surface area (Å²) >= 11 is 0. The molecule has 2 rings (SSSR count). The summed E-state index contributed by atoms with van der Waals surface area (Å²) < 4.78 is 13.9. The molecule has 0 radical (unpaired) electrons. The number of Topliss-reactive ketones (excluding diaryl/α,β-unsaturated/α-hetero) is 1. The normalized spacial score (nSPS) is 13.5. The molecule has 0 amide bonds. The van der Waals surface area contributed by atoms with E-state index < -0.39 is 28.7 Å². The highest BCUT2D eigenvalue weighted by atomic mass is 16.5. The lowest BCUT2D eigenvalue weighted by molar-refractivity contribution is -0.687. The maximum atomic E-state index is 13.9. The minimum absolute atomic E-state index is 0.0603. The van der Waals surface area contributed by atoms with Crippen molar-refractivity contribution in [3.8, 4) is 5.69 Å². The standard InChI is InChI=1S/C35H49N3O6/c1-12-43-30(41)16-18-34(7,8)28(39)15-14-27(22-29(40)35(9,10)19-17-31(42)44-13-2)33-37(11)26(6)36-38(33)32-24(4)20-23(3)21-25(32)5/h15-21,27H,12-14,22H2,1-11H3/p+1/b18-16+,19-17+,28-15-. The van der Waals surface area contributed by atoms with E-state index in [4.69, 9.17) is 14.6 Å². The number of hydrogen-bond acceptors (Lipinski definition) is 7. The summed E-state index contributed by atoms with van der Waals surface area (Å²) in [7, 11) is 1.92. The molecule has 9 nitrogen and oxygen atoms in total. The molecule has 1 aromatic heterocycles. The van der Waals surface area contributed by atoms with Crippen LogP contribution in [0.2, 0.25) is 0 Å². The Kier molecular flexibility index (Phi) is 12.4. The molecule has 1 unspecified atom stereocenters. The number of carbonyl (C=O) groups is 3. The van der Waals surface area contributed by atoms with Crippen LogP contribution in [0.1, 0.15) is 88.6 Å². The fraction of sp³-hybridized carbons (Fsp3) is 0.514. The average Bonchev–Trinajstić information content (AvgIpc) is 3.21. The first kappa shape index (κ1) is 36.2. The van der Waals surface area contributed by atoms with Crippen molar-refractivity contribution in [1.29, 1.82) is 0 Å². The number of benzene rings is 1. The highest BCUT2D eigenvalue weighted by Gasteiger charge is 2.36. The lowest BCUT2D eigenvalue weighted by atomic mass is 9.81. The number of ketones is 1. The van der Waals surface area contributed by atoms with Gasteiger partial charge in [-0.25, -0.2) is 14.2 Å². The van der Waals surface area contributed by atoms with Crippen molar-refractivity contribution in [1.82, 2.24) is 9.78 Å². The maximum absolute atomic E-state index is 13.9.